The summed E-state index contributed by atoms with van der Waals surface area (Å²) in [6, 6.07) is 17.1. The van der Waals surface area contributed by atoms with Crippen molar-refractivity contribution in [2.24, 2.45) is 0 Å². The average molecular weight is 545 g/mol. The van der Waals surface area contributed by atoms with Crippen molar-refractivity contribution in [1.29, 1.82) is 0 Å². The van der Waals surface area contributed by atoms with Crippen LogP contribution in [0.2, 0.25) is 0 Å². The quantitative estimate of drug-likeness (QED) is 0.275. The number of nitrogens with one attached hydrogen (secondary N) is 3. The number of H-pyrrole nitrogens is 1. The summed E-state index contributed by atoms with van der Waals surface area (Å²) in [5.74, 6) is -0.482. The molecule has 1 saturated heterocycles. The summed E-state index contributed by atoms with van der Waals surface area (Å²) < 4.78 is 0. The molecular weight excluding hydrogens is 504 g/mol. The number of nitrogens with zero attached hydrogens (tertiary/aromatic N) is 1. The Bertz CT molecular complexity index is 1330. The first-order valence-corrected chi connectivity index (χ1v) is 14.3. The number of likely N-dealkylation sites (tertiary alicyclic amines) is 1. The van der Waals surface area contributed by atoms with Crippen LogP contribution in [0.1, 0.15) is 64.4 Å². The second-order valence-corrected chi connectivity index (χ2v) is 10.7. The first-order chi connectivity index (χ1) is 19.3. The highest BCUT2D eigenvalue weighted by Crippen LogP contribution is 2.30. The van der Waals surface area contributed by atoms with Crippen LogP contribution in [0.4, 0.5) is 0 Å². The molecule has 212 valence electrons. The molecule has 0 bridgehead atoms. The Kier molecular flexibility index (Phi) is 10.1. The van der Waals surface area contributed by atoms with Gasteiger partial charge in [-0.25, -0.2) is 0 Å². The highest BCUT2D eigenvalue weighted by Gasteiger charge is 2.34. The van der Waals surface area contributed by atoms with Gasteiger partial charge in [-0.05, 0) is 56.2 Å². The monoisotopic (exact) mass is 544 g/mol. The molecule has 2 heterocycles. The van der Waals surface area contributed by atoms with E-state index in [-0.39, 0.29) is 23.5 Å². The number of amides is 3. The van der Waals surface area contributed by atoms with Crippen molar-refractivity contribution in [1.82, 2.24) is 20.5 Å². The third-order valence-electron chi connectivity index (χ3n) is 7.66. The van der Waals surface area contributed by atoms with Gasteiger partial charge in [0.1, 0.15) is 17.9 Å². The predicted molar refractivity (Wildman–Crippen MR) is 157 cm³/mol. The fraction of sp³-hybridized carbons (Fsp3) is 0.438. The first kappa shape index (κ1) is 29.1. The number of aromatic nitrogens is 1. The molecule has 1 fully saturated rings. The van der Waals surface area contributed by atoms with Crippen molar-refractivity contribution in [3.8, 4) is 11.3 Å². The Morgan fingerprint density at radius 2 is 1.73 bits per heavy atom. The van der Waals surface area contributed by atoms with Crippen molar-refractivity contribution in [2.75, 3.05) is 13.1 Å². The maximum absolute atomic E-state index is 13.4. The standard InChI is InChI=1S/C32H40N4O4/c1-22(37)12-5-3-8-17-28(35-32(40)29-18-11-21-36(29)23(2)38)31(39)33-20-19-26-25-15-9-10-16-27(25)34-30(26)24-13-6-4-7-14-24/h4,6-7,9-10,13-16,28-29,34H,3,5,8,11-12,17-21H2,1-2H3,(H,33,39)(H,35,40)/t28-,29+/m0/s1. The van der Waals surface area contributed by atoms with E-state index in [2.05, 4.69) is 39.9 Å². The molecule has 3 amide bonds. The molecule has 2 aromatic carbocycles. The minimum atomic E-state index is -0.698. The zero-order valence-electron chi connectivity index (χ0n) is 23.5. The molecule has 1 aliphatic heterocycles. The van der Waals surface area contributed by atoms with E-state index < -0.39 is 12.1 Å². The third-order valence-corrected chi connectivity index (χ3v) is 7.66. The normalized spacial score (nSPS) is 15.7. The summed E-state index contributed by atoms with van der Waals surface area (Å²) in [5.41, 5.74) is 4.30. The molecule has 0 saturated carbocycles. The van der Waals surface area contributed by atoms with Gasteiger partial charge in [0.15, 0.2) is 0 Å². The summed E-state index contributed by atoms with van der Waals surface area (Å²) in [7, 11) is 0. The second-order valence-electron chi connectivity index (χ2n) is 10.7. The Morgan fingerprint density at radius 3 is 2.48 bits per heavy atom. The molecular formula is C32H40N4O4. The van der Waals surface area contributed by atoms with Crippen LogP contribution in [0.3, 0.4) is 0 Å². The van der Waals surface area contributed by atoms with E-state index >= 15 is 0 Å². The number of rotatable bonds is 13. The second kappa shape index (κ2) is 13.9. The van der Waals surface area contributed by atoms with Crippen LogP contribution >= 0.6 is 0 Å². The Labute approximate surface area is 235 Å². The lowest BCUT2D eigenvalue weighted by molar-refractivity contribution is -0.138. The largest absolute Gasteiger partial charge is 0.354 e. The fourth-order valence-electron chi connectivity index (χ4n) is 5.60. The minimum absolute atomic E-state index is 0.129. The molecule has 8 nitrogen and oxygen atoms in total. The van der Waals surface area contributed by atoms with Crippen molar-refractivity contribution in [3.63, 3.8) is 0 Å². The van der Waals surface area contributed by atoms with Crippen LogP contribution in [-0.4, -0.2) is 58.6 Å². The zero-order chi connectivity index (χ0) is 28.5. The van der Waals surface area contributed by atoms with Crippen LogP contribution in [0.15, 0.2) is 54.6 Å². The lowest BCUT2D eigenvalue weighted by Gasteiger charge is -2.25. The number of aromatic amines is 1. The highest BCUT2D eigenvalue weighted by atomic mass is 16.2. The van der Waals surface area contributed by atoms with Gasteiger partial charge in [0, 0.05) is 43.0 Å². The highest BCUT2D eigenvalue weighted by molar-refractivity contribution is 5.93. The molecule has 0 radical (unpaired) electrons. The Morgan fingerprint density at radius 1 is 0.975 bits per heavy atom. The molecule has 8 heteroatoms. The molecule has 3 N–H and O–H groups in total. The molecule has 0 spiro atoms. The lowest BCUT2D eigenvalue weighted by atomic mass is 10.0. The molecule has 1 aromatic heterocycles. The number of benzene rings is 2. The van der Waals surface area contributed by atoms with Crippen LogP contribution in [0.5, 0.6) is 0 Å². The van der Waals surface area contributed by atoms with Crippen LogP contribution < -0.4 is 10.6 Å². The van der Waals surface area contributed by atoms with E-state index in [1.165, 1.54) is 6.92 Å². The number of para-hydroxylation sites is 1. The van der Waals surface area contributed by atoms with Gasteiger partial charge < -0.3 is 25.3 Å². The smallest absolute Gasteiger partial charge is 0.243 e. The number of carbonyl (C=O) groups is 4. The molecule has 2 atom stereocenters. The van der Waals surface area contributed by atoms with Crippen molar-refractivity contribution in [3.05, 3.63) is 60.2 Å². The van der Waals surface area contributed by atoms with E-state index in [0.29, 0.717) is 45.2 Å². The SMILES string of the molecule is CC(=O)CCCCC[C@H](NC(=O)[C@H]1CCCN1C(C)=O)C(=O)NCCc1c(-c2ccccc2)[nH]c2ccccc12. The average Bonchev–Trinajstić information content (AvgIpc) is 3.58. The van der Waals surface area contributed by atoms with Gasteiger partial charge in [-0.3, -0.25) is 14.4 Å². The van der Waals surface area contributed by atoms with E-state index in [9.17, 15) is 19.2 Å². The number of carbonyl (C=O) groups excluding carboxylic acids is 4. The van der Waals surface area contributed by atoms with E-state index in [1.54, 1.807) is 11.8 Å². The van der Waals surface area contributed by atoms with Gasteiger partial charge in [0.2, 0.25) is 17.7 Å². The Balaban J connectivity index is 1.43. The molecule has 3 aromatic rings. The molecule has 0 aliphatic carbocycles. The number of unbranched alkanes of at least 4 members (excludes halogenated alkanes) is 2. The summed E-state index contributed by atoms with van der Waals surface area (Å²) >= 11 is 0. The number of hydrogen-bond donors (Lipinski definition) is 3. The summed E-state index contributed by atoms with van der Waals surface area (Å²) in [5, 5.41) is 7.11. The van der Waals surface area contributed by atoms with Gasteiger partial charge in [-0.1, -0.05) is 61.4 Å². The number of fused-ring (bicyclic) bond motifs is 1. The minimum Gasteiger partial charge on any atom is -0.354 e. The maximum atomic E-state index is 13.4. The summed E-state index contributed by atoms with van der Waals surface area (Å²) in [4.78, 5) is 54.9. The first-order valence-electron chi connectivity index (χ1n) is 14.3. The molecule has 40 heavy (non-hydrogen) atoms. The lowest BCUT2D eigenvalue weighted by Crippen LogP contribution is -2.53. The van der Waals surface area contributed by atoms with Gasteiger partial charge in [-0.2, -0.15) is 0 Å². The molecule has 1 aliphatic rings. The van der Waals surface area contributed by atoms with Crippen molar-refractivity contribution >= 4 is 34.4 Å². The number of hydrogen-bond acceptors (Lipinski definition) is 4. The molecule has 0 unspecified atom stereocenters. The van der Waals surface area contributed by atoms with E-state index in [1.807, 2.05) is 30.3 Å². The van der Waals surface area contributed by atoms with Crippen LogP contribution in [-0.2, 0) is 25.6 Å². The fourth-order valence-corrected chi connectivity index (χ4v) is 5.60. The van der Waals surface area contributed by atoms with Gasteiger partial charge in [-0.15, -0.1) is 0 Å². The van der Waals surface area contributed by atoms with E-state index in [4.69, 9.17) is 0 Å². The third kappa shape index (κ3) is 7.37. The van der Waals surface area contributed by atoms with Gasteiger partial charge in [0.05, 0.1) is 0 Å². The van der Waals surface area contributed by atoms with Crippen LogP contribution in [0, 0.1) is 0 Å². The van der Waals surface area contributed by atoms with Crippen LogP contribution in [0.25, 0.3) is 22.2 Å². The van der Waals surface area contributed by atoms with Crippen molar-refractivity contribution in [2.45, 2.75) is 77.3 Å². The van der Waals surface area contributed by atoms with Gasteiger partial charge in [0.25, 0.3) is 0 Å². The number of Topliss-reactive ketones (excluding diaryl/α,β-unsaturated/α-hetero) is 1. The molecule has 4 rings (SSSR count). The summed E-state index contributed by atoms with van der Waals surface area (Å²) in [6.45, 7) is 4.03. The zero-order valence-corrected chi connectivity index (χ0v) is 23.5. The number of ketones is 1. The summed E-state index contributed by atoms with van der Waals surface area (Å²) in [6.07, 6.45) is 5.28. The predicted octanol–water partition coefficient (Wildman–Crippen LogP) is 4.53. The Hall–Kier alpha value is -3.94. The van der Waals surface area contributed by atoms with Gasteiger partial charge >= 0.3 is 0 Å². The van der Waals surface area contributed by atoms with Crippen molar-refractivity contribution < 1.29 is 19.2 Å². The van der Waals surface area contributed by atoms with E-state index in [0.717, 1.165) is 47.0 Å². The topological polar surface area (TPSA) is 111 Å². The maximum Gasteiger partial charge on any atom is 0.243 e.